The molecule has 1 aliphatic rings. The molecule has 3 amide bonds. The Morgan fingerprint density at radius 2 is 1.93 bits per heavy atom. The number of hydrogen-bond acceptors (Lipinski definition) is 5. The fraction of sp³-hybridized carbons (Fsp3) is 0.667. The molecule has 0 spiro atoms. The van der Waals surface area contributed by atoms with Gasteiger partial charge < -0.3 is 25.0 Å². The molecule has 0 bridgehead atoms. The van der Waals surface area contributed by atoms with E-state index in [1.807, 2.05) is 0 Å². The van der Waals surface area contributed by atoms with E-state index >= 15 is 0 Å². The molecule has 0 aromatic rings. The van der Waals surface area contributed by atoms with Gasteiger partial charge in [-0.2, -0.15) is 0 Å². The Balaban J connectivity index is 2.71. The summed E-state index contributed by atoms with van der Waals surface area (Å²) in [6, 6.07) is -0.887. The highest BCUT2D eigenvalue weighted by molar-refractivity contribution is 5.86. The van der Waals surface area contributed by atoms with E-state index in [9.17, 15) is 14.4 Å². The summed E-state index contributed by atoms with van der Waals surface area (Å²) in [7, 11) is 0. The van der Waals surface area contributed by atoms with Gasteiger partial charge in [0.15, 0.2) is 0 Å². The summed E-state index contributed by atoms with van der Waals surface area (Å²) >= 11 is 0. The molecule has 2 unspecified atom stereocenters. The van der Waals surface area contributed by atoms with Gasteiger partial charge in [-0.1, -0.05) is 12.2 Å². The number of piperidine rings is 1. The third-order valence-electron chi connectivity index (χ3n) is 4.31. The molecule has 0 aromatic heterocycles. The lowest BCUT2D eigenvalue weighted by molar-refractivity contribution is -0.137. The predicted molar refractivity (Wildman–Crippen MR) is 111 cm³/mol. The first kappa shape index (κ1) is 24.7. The maximum Gasteiger partial charge on any atom is 0.408 e. The number of amides is 3. The van der Waals surface area contributed by atoms with Gasteiger partial charge in [0.25, 0.3) is 0 Å². The zero-order chi connectivity index (χ0) is 21.9. The van der Waals surface area contributed by atoms with Crippen molar-refractivity contribution in [3.63, 3.8) is 0 Å². The molecule has 1 saturated heterocycles. The number of nitrogens with one attached hydrogen (secondary N) is 2. The van der Waals surface area contributed by atoms with Crippen LogP contribution in [-0.4, -0.2) is 66.8 Å². The van der Waals surface area contributed by atoms with Crippen molar-refractivity contribution in [1.82, 2.24) is 15.5 Å². The molecule has 1 rings (SSSR count). The van der Waals surface area contributed by atoms with Gasteiger partial charge in [-0.3, -0.25) is 9.59 Å². The molecule has 2 atom stereocenters. The lowest BCUT2D eigenvalue weighted by Crippen LogP contribution is -2.56. The molecule has 164 valence electrons. The number of nitrogens with zero attached hydrogens (tertiary/aromatic N) is 1. The van der Waals surface area contributed by atoms with Crippen molar-refractivity contribution >= 4 is 17.9 Å². The summed E-state index contributed by atoms with van der Waals surface area (Å²) < 4.78 is 10.4. The highest BCUT2D eigenvalue weighted by Gasteiger charge is 2.32. The second-order valence-corrected chi connectivity index (χ2v) is 8.01. The molecule has 0 aliphatic carbocycles. The molecule has 1 heterocycles. The van der Waals surface area contributed by atoms with E-state index in [2.05, 4.69) is 23.8 Å². The highest BCUT2D eigenvalue weighted by Crippen LogP contribution is 2.19. The van der Waals surface area contributed by atoms with E-state index in [-0.39, 0.29) is 24.5 Å². The van der Waals surface area contributed by atoms with Crippen LogP contribution in [0.2, 0.25) is 0 Å². The standard InChI is InChI=1S/C21H35N3O5/c1-6-10-17(23-20(27)29-21(3,4)5)19(26)24-12-9-8-11-16(24)14-22-18(25)15-28-13-7-2/h6-7,16-17H,1-2,8-15H2,3-5H3,(H,22,25)(H,23,27). The van der Waals surface area contributed by atoms with E-state index in [0.29, 0.717) is 26.1 Å². The van der Waals surface area contributed by atoms with Gasteiger partial charge >= 0.3 is 6.09 Å². The summed E-state index contributed by atoms with van der Waals surface area (Å²) in [4.78, 5) is 38.9. The number of carbonyl (C=O) groups excluding carboxylic acids is 3. The van der Waals surface area contributed by atoms with Crippen molar-refractivity contribution in [2.45, 2.75) is 64.1 Å². The van der Waals surface area contributed by atoms with E-state index < -0.39 is 17.7 Å². The fourth-order valence-electron chi connectivity index (χ4n) is 3.06. The molecule has 1 fully saturated rings. The first-order chi connectivity index (χ1) is 13.7. The number of rotatable bonds is 10. The Labute approximate surface area is 173 Å². The van der Waals surface area contributed by atoms with Gasteiger partial charge in [0.1, 0.15) is 18.2 Å². The average molecular weight is 410 g/mol. The van der Waals surface area contributed by atoms with Crippen LogP contribution in [0, 0.1) is 0 Å². The van der Waals surface area contributed by atoms with E-state index in [4.69, 9.17) is 9.47 Å². The molecule has 0 aromatic carbocycles. The maximum atomic E-state index is 13.1. The minimum absolute atomic E-state index is 0.0496. The van der Waals surface area contributed by atoms with Crippen molar-refractivity contribution in [1.29, 1.82) is 0 Å². The summed E-state index contributed by atoms with van der Waals surface area (Å²) in [5.41, 5.74) is -0.655. The zero-order valence-corrected chi connectivity index (χ0v) is 17.9. The molecular formula is C21H35N3O5. The van der Waals surface area contributed by atoms with Crippen LogP contribution in [0.4, 0.5) is 4.79 Å². The minimum atomic E-state index is -0.755. The average Bonchev–Trinajstić information content (AvgIpc) is 2.64. The molecule has 8 heteroatoms. The molecule has 1 aliphatic heterocycles. The van der Waals surface area contributed by atoms with Crippen LogP contribution in [0.1, 0.15) is 46.5 Å². The van der Waals surface area contributed by atoms with Crippen LogP contribution < -0.4 is 10.6 Å². The van der Waals surface area contributed by atoms with Crippen molar-refractivity contribution in [3.8, 4) is 0 Å². The molecule has 29 heavy (non-hydrogen) atoms. The number of likely N-dealkylation sites (tertiary alicyclic amines) is 1. The summed E-state index contributed by atoms with van der Waals surface area (Å²) in [6.45, 7) is 13.7. The van der Waals surface area contributed by atoms with E-state index in [0.717, 1.165) is 19.3 Å². The molecule has 0 saturated carbocycles. The Morgan fingerprint density at radius 1 is 1.21 bits per heavy atom. The Bertz CT molecular complexity index is 585. The molecule has 0 radical (unpaired) electrons. The van der Waals surface area contributed by atoms with E-state index in [1.165, 1.54) is 0 Å². The first-order valence-electron chi connectivity index (χ1n) is 10.0. The van der Waals surface area contributed by atoms with E-state index in [1.54, 1.807) is 37.8 Å². The smallest absolute Gasteiger partial charge is 0.408 e. The lowest BCUT2D eigenvalue weighted by Gasteiger charge is -2.38. The molecular weight excluding hydrogens is 374 g/mol. The minimum Gasteiger partial charge on any atom is -0.444 e. The second kappa shape index (κ2) is 12.3. The topological polar surface area (TPSA) is 97.0 Å². The van der Waals surface area contributed by atoms with Crippen LogP contribution in [0.3, 0.4) is 0 Å². The Morgan fingerprint density at radius 3 is 2.55 bits per heavy atom. The zero-order valence-electron chi connectivity index (χ0n) is 17.9. The Hall–Kier alpha value is -2.35. The van der Waals surface area contributed by atoms with Crippen molar-refractivity contribution in [2.75, 3.05) is 26.3 Å². The number of alkyl carbamates (subject to hydrolysis) is 1. The van der Waals surface area contributed by atoms with Crippen LogP contribution in [0.15, 0.2) is 25.3 Å². The van der Waals surface area contributed by atoms with Crippen LogP contribution in [0.5, 0.6) is 0 Å². The number of carbonyl (C=O) groups is 3. The number of hydrogen-bond donors (Lipinski definition) is 2. The first-order valence-corrected chi connectivity index (χ1v) is 10.0. The fourth-order valence-corrected chi connectivity index (χ4v) is 3.06. The Kier molecular flexibility index (Phi) is 10.4. The van der Waals surface area contributed by atoms with Crippen LogP contribution in [0.25, 0.3) is 0 Å². The van der Waals surface area contributed by atoms with Crippen molar-refractivity contribution in [3.05, 3.63) is 25.3 Å². The van der Waals surface area contributed by atoms with Crippen molar-refractivity contribution < 1.29 is 23.9 Å². The maximum absolute atomic E-state index is 13.1. The molecule has 2 N–H and O–H groups in total. The van der Waals surface area contributed by atoms with Gasteiger partial charge in [-0.15, -0.1) is 13.2 Å². The van der Waals surface area contributed by atoms with Gasteiger partial charge in [-0.25, -0.2) is 4.79 Å². The third-order valence-corrected chi connectivity index (χ3v) is 4.31. The normalized spacial score (nSPS) is 17.8. The second-order valence-electron chi connectivity index (χ2n) is 8.01. The largest absolute Gasteiger partial charge is 0.444 e. The third kappa shape index (κ3) is 9.60. The summed E-state index contributed by atoms with van der Waals surface area (Å²) in [5.74, 6) is -0.433. The van der Waals surface area contributed by atoms with Gasteiger partial charge in [0.05, 0.1) is 6.61 Å². The monoisotopic (exact) mass is 409 g/mol. The molecule has 8 nitrogen and oxygen atoms in total. The van der Waals surface area contributed by atoms with Gasteiger partial charge in [0.2, 0.25) is 11.8 Å². The number of ether oxygens (including phenoxy) is 2. The predicted octanol–water partition coefficient (Wildman–Crippen LogP) is 2.16. The van der Waals surface area contributed by atoms with Crippen LogP contribution >= 0.6 is 0 Å². The lowest BCUT2D eigenvalue weighted by atomic mass is 10.00. The SMILES string of the molecule is C=CCOCC(=O)NCC1CCCCN1C(=O)C(CC=C)NC(=O)OC(C)(C)C. The quantitative estimate of drug-likeness (QED) is 0.426. The summed E-state index contributed by atoms with van der Waals surface area (Å²) in [5, 5.41) is 5.47. The highest BCUT2D eigenvalue weighted by atomic mass is 16.6. The summed E-state index contributed by atoms with van der Waals surface area (Å²) in [6.07, 6.45) is 5.47. The van der Waals surface area contributed by atoms with Crippen molar-refractivity contribution in [2.24, 2.45) is 0 Å². The van der Waals surface area contributed by atoms with Crippen LogP contribution in [-0.2, 0) is 19.1 Å². The van der Waals surface area contributed by atoms with Gasteiger partial charge in [-0.05, 0) is 46.5 Å². The van der Waals surface area contributed by atoms with Gasteiger partial charge in [0, 0.05) is 19.1 Å².